The number of para-hydroxylation sites is 1. The largest absolute Gasteiger partial charge is 0.488 e. The Balaban J connectivity index is 1.73. The van der Waals surface area contributed by atoms with Crippen molar-refractivity contribution in [3.63, 3.8) is 0 Å². The smallest absolute Gasteiger partial charge is 0.348 e. The molecule has 2 aromatic carbocycles. The van der Waals surface area contributed by atoms with Crippen LogP contribution >= 0.6 is 11.3 Å². The van der Waals surface area contributed by atoms with E-state index in [1.54, 1.807) is 0 Å². The highest BCUT2D eigenvalue weighted by molar-refractivity contribution is 7.20. The third-order valence-electron chi connectivity index (χ3n) is 4.58. The Morgan fingerprint density at radius 1 is 1.19 bits per heavy atom. The van der Waals surface area contributed by atoms with Gasteiger partial charge in [0.25, 0.3) is 0 Å². The second-order valence-electron chi connectivity index (χ2n) is 6.16. The fraction of sp³-hybridized carbons (Fsp3) is 0.143. The molecule has 0 unspecified atom stereocenters. The molecule has 0 saturated heterocycles. The van der Waals surface area contributed by atoms with Gasteiger partial charge in [0.05, 0.1) is 17.8 Å². The van der Waals surface area contributed by atoms with Gasteiger partial charge in [0, 0.05) is 26.6 Å². The number of esters is 1. The minimum atomic E-state index is -0.273. The molecule has 0 fully saturated rings. The molecule has 0 bridgehead atoms. The first-order valence-electron chi connectivity index (χ1n) is 8.50. The zero-order valence-electron chi connectivity index (χ0n) is 14.1. The van der Waals surface area contributed by atoms with E-state index in [2.05, 4.69) is 6.07 Å². The summed E-state index contributed by atoms with van der Waals surface area (Å²) in [4.78, 5) is 17.6. The second-order valence-corrected chi connectivity index (χ2v) is 7.24. The first-order chi connectivity index (χ1) is 12.7. The number of aromatic nitrogens is 1. The summed E-state index contributed by atoms with van der Waals surface area (Å²) in [7, 11) is 0. The van der Waals surface area contributed by atoms with E-state index in [0.29, 0.717) is 18.1 Å². The number of carbonyl (C=O) groups excluding carboxylic acids is 1. The third kappa shape index (κ3) is 2.28. The summed E-state index contributed by atoms with van der Waals surface area (Å²) in [6.45, 7) is 2.69. The first kappa shape index (κ1) is 15.3. The van der Waals surface area contributed by atoms with E-state index in [-0.39, 0.29) is 5.97 Å². The molecular weight excluding hydrogens is 346 g/mol. The third-order valence-corrected chi connectivity index (χ3v) is 5.66. The number of ether oxygens (including phenoxy) is 2. The predicted molar refractivity (Wildman–Crippen MR) is 103 cm³/mol. The van der Waals surface area contributed by atoms with Gasteiger partial charge >= 0.3 is 5.97 Å². The molecule has 26 heavy (non-hydrogen) atoms. The molecule has 0 spiro atoms. The van der Waals surface area contributed by atoms with E-state index in [1.165, 1.54) is 11.3 Å². The van der Waals surface area contributed by atoms with Gasteiger partial charge in [-0.2, -0.15) is 0 Å². The Kier molecular flexibility index (Phi) is 3.43. The lowest BCUT2D eigenvalue weighted by atomic mass is 9.99. The molecule has 4 aromatic rings. The highest BCUT2D eigenvalue weighted by atomic mass is 32.1. The number of nitrogens with zero attached hydrogens (tertiary/aromatic N) is 1. The number of rotatable bonds is 2. The normalized spacial score (nSPS) is 12.5. The van der Waals surface area contributed by atoms with Gasteiger partial charge in [0.2, 0.25) is 0 Å². The van der Waals surface area contributed by atoms with E-state index >= 15 is 0 Å². The van der Waals surface area contributed by atoms with Crippen molar-refractivity contribution in [2.75, 3.05) is 6.61 Å². The summed E-state index contributed by atoms with van der Waals surface area (Å²) < 4.78 is 12.1. The molecule has 0 radical (unpaired) electrons. The highest BCUT2D eigenvalue weighted by Crippen LogP contribution is 2.39. The number of hydrogen-bond donors (Lipinski definition) is 0. The average Bonchev–Trinajstić information content (AvgIpc) is 3.12. The van der Waals surface area contributed by atoms with Gasteiger partial charge in [0.15, 0.2) is 0 Å². The molecule has 1 aliphatic heterocycles. The summed E-state index contributed by atoms with van der Waals surface area (Å²) in [5.74, 6) is 0.595. The maximum atomic E-state index is 12.1. The van der Waals surface area contributed by atoms with Gasteiger partial charge in [0.1, 0.15) is 17.2 Å². The summed E-state index contributed by atoms with van der Waals surface area (Å²) >= 11 is 1.45. The Morgan fingerprint density at radius 2 is 2.08 bits per heavy atom. The SMILES string of the molecule is CCOC(=O)c1cc2c(ccc3nc4c(cc32)COc2ccccc2-4)s1. The maximum Gasteiger partial charge on any atom is 0.348 e. The molecule has 0 saturated carbocycles. The van der Waals surface area contributed by atoms with Crippen molar-refractivity contribution in [2.24, 2.45) is 0 Å². The van der Waals surface area contributed by atoms with Crippen LogP contribution in [0.1, 0.15) is 22.2 Å². The molecule has 1 aliphatic rings. The minimum Gasteiger partial charge on any atom is -0.488 e. The Morgan fingerprint density at radius 3 is 2.96 bits per heavy atom. The van der Waals surface area contributed by atoms with Crippen LogP contribution < -0.4 is 4.74 Å². The lowest BCUT2D eigenvalue weighted by molar-refractivity contribution is 0.0532. The molecule has 4 nitrogen and oxygen atoms in total. The topological polar surface area (TPSA) is 48.4 Å². The fourth-order valence-electron chi connectivity index (χ4n) is 3.40. The van der Waals surface area contributed by atoms with Crippen molar-refractivity contribution < 1.29 is 14.3 Å². The van der Waals surface area contributed by atoms with Crippen LogP contribution in [0.15, 0.2) is 48.5 Å². The van der Waals surface area contributed by atoms with Crippen LogP contribution in [-0.4, -0.2) is 17.6 Å². The molecule has 5 rings (SSSR count). The van der Waals surface area contributed by atoms with Gasteiger partial charge in [-0.15, -0.1) is 11.3 Å². The summed E-state index contributed by atoms with van der Waals surface area (Å²) in [5, 5.41) is 2.07. The van der Waals surface area contributed by atoms with Crippen molar-refractivity contribution >= 4 is 38.3 Å². The molecule has 128 valence electrons. The predicted octanol–water partition coefficient (Wildman–Crippen LogP) is 5.19. The number of carbonyl (C=O) groups is 1. The van der Waals surface area contributed by atoms with E-state index in [4.69, 9.17) is 14.5 Å². The van der Waals surface area contributed by atoms with Gasteiger partial charge < -0.3 is 9.47 Å². The van der Waals surface area contributed by atoms with Crippen molar-refractivity contribution in [3.8, 4) is 17.0 Å². The van der Waals surface area contributed by atoms with Crippen LogP contribution in [0.3, 0.4) is 0 Å². The van der Waals surface area contributed by atoms with Gasteiger partial charge in [-0.3, -0.25) is 0 Å². The number of benzene rings is 2. The van der Waals surface area contributed by atoms with E-state index < -0.39 is 0 Å². The standard InChI is InChI=1S/C21H15NO3S/c1-2-24-21(23)19-10-15-14-9-12-11-25-17-6-4-3-5-13(17)20(12)22-16(14)7-8-18(15)26-19/h3-10H,2,11H2,1H3. The minimum absolute atomic E-state index is 0.273. The summed E-state index contributed by atoms with van der Waals surface area (Å²) in [6, 6.07) is 16.1. The molecule has 0 atom stereocenters. The van der Waals surface area contributed by atoms with Gasteiger partial charge in [-0.05, 0) is 43.3 Å². The lowest BCUT2D eigenvalue weighted by Gasteiger charge is -2.20. The van der Waals surface area contributed by atoms with Gasteiger partial charge in [-0.25, -0.2) is 9.78 Å². The molecule has 0 N–H and O–H groups in total. The Hall–Kier alpha value is -2.92. The van der Waals surface area contributed by atoms with Crippen molar-refractivity contribution in [3.05, 3.63) is 59.0 Å². The van der Waals surface area contributed by atoms with E-state index in [1.807, 2.05) is 49.4 Å². The van der Waals surface area contributed by atoms with Crippen LogP contribution in [0.5, 0.6) is 5.75 Å². The van der Waals surface area contributed by atoms with Crippen LogP contribution in [0.2, 0.25) is 0 Å². The van der Waals surface area contributed by atoms with Gasteiger partial charge in [-0.1, -0.05) is 12.1 Å². The van der Waals surface area contributed by atoms with Crippen molar-refractivity contribution in [1.82, 2.24) is 4.98 Å². The number of fused-ring (bicyclic) bond motifs is 6. The molecule has 3 heterocycles. The zero-order valence-corrected chi connectivity index (χ0v) is 14.9. The molecule has 5 heteroatoms. The lowest BCUT2D eigenvalue weighted by Crippen LogP contribution is -2.07. The monoisotopic (exact) mass is 361 g/mol. The van der Waals surface area contributed by atoms with E-state index in [0.717, 1.165) is 43.6 Å². The Labute approximate surface area is 154 Å². The molecule has 0 aliphatic carbocycles. The van der Waals surface area contributed by atoms with Crippen LogP contribution in [0.4, 0.5) is 0 Å². The first-order valence-corrected chi connectivity index (χ1v) is 9.32. The maximum absolute atomic E-state index is 12.1. The second kappa shape index (κ2) is 5.81. The van der Waals surface area contributed by atoms with Crippen LogP contribution in [0.25, 0.3) is 32.2 Å². The quantitative estimate of drug-likeness (QED) is 0.461. The van der Waals surface area contributed by atoms with Crippen LogP contribution in [0, 0.1) is 0 Å². The van der Waals surface area contributed by atoms with Crippen molar-refractivity contribution in [2.45, 2.75) is 13.5 Å². The molecular formula is C21H15NO3S. The number of pyridine rings is 1. The summed E-state index contributed by atoms with van der Waals surface area (Å²) in [5.41, 5.74) is 3.97. The summed E-state index contributed by atoms with van der Waals surface area (Å²) in [6.07, 6.45) is 0. The highest BCUT2D eigenvalue weighted by Gasteiger charge is 2.20. The van der Waals surface area contributed by atoms with Crippen LogP contribution in [-0.2, 0) is 11.3 Å². The molecule has 2 aromatic heterocycles. The zero-order chi connectivity index (χ0) is 17.7. The fourth-order valence-corrected chi connectivity index (χ4v) is 4.37. The average molecular weight is 361 g/mol. The number of thiophene rings is 1. The van der Waals surface area contributed by atoms with Crippen molar-refractivity contribution in [1.29, 1.82) is 0 Å². The van der Waals surface area contributed by atoms with E-state index in [9.17, 15) is 4.79 Å². The number of hydrogen-bond acceptors (Lipinski definition) is 5. The Bertz CT molecular complexity index is 1180. The molecule has 0 amide bonds.